The van der Waals surface area contributed by atoms with Gasteiger partial charge in [-0.1, -0.05) is 0 Å². The highest BCUT2D eigenvalue weighted by Gasteiger charge is 2.29. The third kappa shape index (κ3) is 3.17. The van der Waals surface area contributed by atoms with Gasteiger partial charge >= 0.3 is 5.97 Å². The van der Waals surface area contributed by atoms with Crippen LogP contribution in [0.1, 0.15) is 12.8 Å². The number of amides is 1. The lowest BCUT2D eigenvalue weighted by molar-refractivity contribution is -0.139. The van der Waals surface area contributed by atoms with Crippen LogP contribution in [0.4, 0.5) is 0 Å². The van der Waals surface area contributed by atoms with Crippen LogP contribution in [0.15, 0.2) is 0 Å². The minimum Gasteiger partial charge on any atom is -0.480 e. The molecule has 2 saturated heterocycles. The molecule has 1 atom stereocenters. The molecule has 2 N–H and O–H groups in total. The summed E-state index contributed by atoms with van der Waals surface area (Å²) in [5.41, 5.74) is 0. The van der Waals surface area contributed by atoms with Gasteiger partial charge in [-0.2, -0.15) is 0 Å². The first kappa shape index (κ1) is 12.3. The number of carbonyl (C=O) groups is 2. The number of aliphatic carboxylic acids is 1. The second-order valence-electron chi connectivity index (χ2n) is 4.64. The SMILES string of the molecule is O=C(O)CN1CCN(C(=O)[C@@H]2CCCN2)CC1. The summed E-state index contributed by atoms with van der Waals surface area (Å²) in [6.45, 7) is 3.60. The van der Waals surface area contributed by atoms with Crippen molar-refractivity contribution in [1.82, 2.24) is 15.1 Å². The van der Waals surface area contributed by atoms with Gasteiger partial charge in [0.2, 0.25) is 5.91 Å². The topological polar surface area (TPSA) is 72.9 Å². The van der Waals surface area contributed by atoms with Crippen LogP contribution >= 0.6 is 0 Å². The number of rotatable bonds is 3. The summed E-state index contributed by atoms with van der Waals surface area (Å²) in [6, 6.07) is -0.0129. The van der Waals surface area contributed by atoms with E-state index in [0.29, 0.717) is 26.2 Å². The van der Waals surface area contributed by atoms with E-state index in [1.807, 2.05) is 9.80 Å². The first-order valence-electron chi connectivity index (χ1n) is 6.13. The molecular weight excluding hydrogens is 222 g/mol. The second-order valence-corrected chi connectivity index (χ2v) is 4.64. The molecule has 2 heterocycles. The summed E-state index contributed by atoms with van der Waals surface area (Å²) >= 11 is 0. The van der Waals surface area contributed by atoms with Gasteiger partial charge in [-0.25, -0.2) is 0 Å². The fraction of sp³-hybridized carbons (Fsp3) is 0.818. The number of hydrogen-bond acceptors (Lipinski definition) is 4. The molecule has 2 aliphatic heterocycles. The Bertz CT molecular complexity index is 294. The molecule has 0 saturated carbocycles. The quantitative estimate of drug-likeness (QED) is 0.661. The molecule has 0 aromatic rings. The smallest absolute Gasteiger partial charge is 0.317 e. The van der Waals surface area contributed by atoms with E-state index < -0.39 is 5.97 Å². The lowest BCUT2D eigenvalue weighted by Crippen LogP contribution is -2.53. The van der Waals surface area contributed by atoms with Crippen molar-refractivity contribution >= 4 is 11.9 Å². The molecular formula is C11H19N3O3. The molecule has 2 fully saturated rings. The van der Waals surface area contributed by atoms with Crippen molar-refractivity contribution in [2.24, 2.45) is 0 Å². The van der Waals surface area contributed by atoms with Crippen molar-refractivity contribution in [2.45, 2.75) is 18.9 Å². The first-order valence-corrected chi connectivity index (χ1v) is 6.13. The Labute approximate surface area is 101 Å². The van der Waals surface area contributed by atoms with Gasteiger partial charge in [0.25, 0.3) is 0 Å². The minimum absolute atomic E-state index is 0.0129. The molecule has 6 heteroatoms. The Hall–Kier alpha value is -1.14. The summed E-state index contributed by atoms with van der Waals surface area (Å²) < 4.78 is 0. The summed E-state index contributed by atoms with van der Waals surface area (Å²) in [7, 11) is 0. The second kappa shape index (κ2) is 5.46. The number of nitrogens with zero attached hydrogens (tertiary/aromatic N) is 2. The van der Waals surface area contributed by atoms with Gasteiger partial charge in [0.05, 0.1) is 12.6 Å². The van der Waals surface area contributed by atoms with Crippen molar-refractivity contribution in [3.8, 4) is 0 Å². The fourth-order valence-corrected chi connectivity index (χ4v) is 2.43. The third-order valence-electron chi connectivity index (χ3n) is 3.40. The van der Waals surface area contributed by atoms with Gasteiger partial charge < -0.3 is 15.3 Å². The Kier molecular flexibility index (Phi) is 3.96. The van der Waals surface area contributed by atoms with Gasteiger partial charge in [0.15, 0.2) is 0 Å². The highest BCUT2D eigenvalue weighted by Crippen LogP contribution is 2.10. The van der Waals surface area contributed by atoms with Crippen molar-refractivity contribution < 1.29 is 14.7 Å². The van der Waals surface area contributed by atoms with E-state index in [2.05, 4.69) is 5.32 Å². The number of piperazine rings is 1. The normalized spacial score (nSPS) is 26.1. The lowest BCUT2D eigenvalue weighted by Gasteiger charge is -2.35. The zero-order chi connectivity index (χ0) is 12.3. The summed E-state index contributed by atoms with van der Waals surface area (Å²) in [6.07, 6.45) is 1.99. The highest BCUT2D eigenvalue weighted by atomic mass is 16.4. The van der Waals surface area contributed by atoms with Crippen LogP contribution in [0.25, 0.3) is 0 Å². The van der Waals surface area contributed by atoms with Crippen molar-refractivity contribution in [3.63, 3.8) is 0 Å². The lowest BCUT2D eigenvalue weighted by atomic mass is 10.2. The van der Waals surface area contributed by atoms with Crippen molar-refractivity contribution in [2.75, 3.05) is 39.3 Å². The number of carboxylic acid groups (broad SMARTS) is 1. The number of carboxylic acids is 1. The van der Waals surface area contributed by atoms with Gasteiger partial charge in [-0.3, -0.25) is 14.5 Å². The van der Waals surface area contributed by atoms with Crippen LogP contribution in [-0.4, -0.2) is 72.1 Å². The molecule has 0 unspecified atom stereocenters. The zero-order valence-corrected chi connectivity index (χ0v) is 9.89. The van der Waals surface area contributed by atoms with Gasteiger partial charge in [-0.05, 0) is 19.4 Å². The maximum atomic E-state index is 12.1. The van der Waals surface area contributed by atoms with E-state index in [4.69, 9.17) is 5.11 Å². The van der Waals surface area contributed by atoms with Crippen molar-refractivity contribution in [3.05, 3.63) is 0 Å². The van der Waals surface area contributed by atoms with Crippen LogP contribution in [0.3, 0.4) is 0 Å². The predicted octanol–water partition coefficient (Wildman–Crippen LogP) is -1.03. The number of nitrogens with one attached hydrogen (secondary N) is 1. The van der Waals surface area contributed by atoms with E-state index in [1.165, 1.54) is 0 Å². The van der Waals surface area contributed by atoms with E-state index in [0.717, 1.165) is 19.4 Å². The summed E-state index contributed by atoms with van der Waals surface area (Å²) in [5, 5.41) is 11.9. The predicted molar refractivity (Wildman–Crippen MR) is 61.7 cm³/mol. The Balaban J connectivity index is 1.78. The fourth-order valence-electron chi connectivity index (χ4n) is 2.43. The summed E-state index contributed by atoms with van der Waals surface area (Å²) in [5.74, 6) is -0.625. The van der Waals surface area contributed by atoms with E-state index in [-0.39, 0.29) is 18.5 Å². The maximum Gasteiger partial charge on any atom is 0.317 e. The van der Waals surface area contributed by atoms with Crippen LogP contribution in [0, 0.1) is 0 Å². The van der Waals surface area contributed by atoms with Gasteiger partial charge in [-0.15, -0.1) is 0 Å². The maximum absolute atomic E-state index is 12.1. The molecule has 0 radical (unpaired) electrons. The van der Waals surface area contributed by atoms with Crippen LogP contribution < -0.4 is 5.32 Å². The Morgan fingerprint density at radius 1 is 1.24 bits per heavy atom. The highest BCUT2D eigenvalue weighted by molar-refractivity contribution is 5.82. The van der Waals surface area contributed by atoms with E-state index in [1.54, 1.807) is 0 Å². The third-order valence-corrected chi connectivity index (χ3v) is 3.40. The van der Waals surface area contributed by atoms with E-state index in [9.17, 15) is 9.59 Å². The molecule has 0 aromatic carbocycles. The standard InChI is InChI=1S/C11H19N3O3/c15-10(16)8-13-4-6-14(7-5-13)11(17)9-2-1-3-12-9/h9,12H,1-8H2,(H,15,16)/t9-/m0/s1. The average molecular weight is 241 g/mol. The molecule has 0 aliphatic carbocycles. The van der Waals surface area contributed by atoms with Crippen LogP contribution in [-0.2, 0) is 9.59 Å². The largest absolute Gasteiger partial charge is 0.480 e. The average Bonchev–Trinajstić information content (AvgIpc) is 2.82. The molecule has 2 rings (SSSR count). The molecule has 96 valence electrons. The van der Waals surface area contributed by atoms with Crippen LogP contribution in [0.2, 0.25) is 0 Å². The molecule has 0 aromatic heterocycles. The van der Waals surface area contributed by atoms with Gasteiger partial charge in [0, 0.05) is 26.2 Å². The minimum atomic E-state index is -0.803. The van der Waals surface area contributed by atoms with Crippen LogP contribution in [0.5, 0.6) is 0 Å². The summed E-state index contributed by atoms with van der Waals surface area (Å²) in [4.78, 5) is 26.3. The van der Waals surface area contributed by atoms with Gasteiger partial charge in [0.1, 0.15) is 0 Å². The molecule has 2 aliphatic rings. The number of hydrogen-bond donors (Lipinski definition) is 2. The Morgan fingerprint density at radius 2 is 1.94 bits per heavy atom. The molecule has 17 heavy (non-hydrogen) atoms. The first-order chi connectivity index (χ1) is 8.16. The zero-order valence-electron chi connectivity index (χ0n) is 9.89. The van der Waals surface area contributed by atoms with Crippen molar-refractivity contribution in [1.29, 1.82) is 0 Å². The Morgan fingerprint density at radius 3 is 2.47 bits per heavy atom. The number of carbonyl (C=O) groups excluding carboxylic acids is 1. The van der Waals surface area contributed by atoms with E-state index >= 15 is 0 Å². The molecule has 1 amide bonds. The monoisotopic (exact) mass is 241 g/mol. The molecule has 6 nitrogen and oxygen atoms in total. The molecule has 0 bridgehead atoms. The molecule has 0 spiro atoms.